The summed E-state index contributed by atoms with van der Waals surface area (Å²) in [6.45, 7) is 5.21. The maximum Gasteiger partial charge on any atom is 0.303 e. The molecular formula is C29H35ClN2O2. The summed E-state index contributed by atoms with van der Waals surface area (Å²) in [7, 11) is 0. The highest BCUT2D eigenvalue weighted by molar-refractivity contribution is 6.30. The number of carboxylic acid groups (broad SMARTS) is 1. The van der Waals surface area contributed by atoms with Crippen molar-refractivity contribution < 1.29 is 9.90 Å². The van der Waals surface area contributed by atoms with Crippen molar-refractivity contribution in [1.29, 1.82) is 0 Å². The van der Waals surface area contributed by atoms with Crippen molar-refractivity contribution in [2.24, 2.45) is 0 Å². The van der Waals surface area contributed by atoms with Gasteiger partial charge in [-0.3, -0.25) is 14.6 Å². The number of nitrogens with zero attached hydrogens (tertiary/aromatic N) is 2. The Morgan fingerprint density at radius 2 is 1.76 bits per heavy atom. The summed E-state index contributed by atoms with van der Waals surface area (Å²) < 4.78 is 0. The first-order valence-electron chi connectivity index (χ1n) is 12.5. The number of aliphatic carboxylic acids is 1. The van der Waals surface area contributed by atoms with Crippen molar-refractivity contribution in [1.82, 2.24) is 9.80 Å². The van der Waals surface area contributed by atoms with E-state index >= 15 is 0 Å². The van der Waals surface area contributed by atoms with E-state index in [1.54, 1.807) is 0 Å². The van der Waals surface area contributed by atoms with Gasteiger partial charge in [0.1, 0.15) is 0 Å². The number of hydrogen-bond acceptors (Lipinski definition) is 3. The number of carbonyl (C=O) groups is 1. The van der Waals surface area contributed by atoms with Crippen LogP contribution < -0.4 is 0 Å². The molecule has 0 amide bonds. The van der Waals surface area contributed by atoms with Gasteiger partial charge >= 0.3 is 5.97 Å². The molecule has 1 aliphatic heterocycles. The molecular weight excluding hydrogens is 444 g/mol. The zero-order valence-electron chi connectivity index (χ0n) is 19.8. The van der Waals surface area contributed by atoms with Crippen LogP contribution in [0.15, 0.2) is 66.7 Å². The Bertz CT molecular complexity index is 1060. The second-order valence-corrected chi connectivity index (χ2v) is 9.87. The van der Waals surface area contributed by atoms with Gasteiger partial charge in [0.25, 0.3) is 0 Å². The lowest BCUT2D eigenvalue weighted by Gasteiger charge is -2.29. The van der Waals surface area contributed by atoms with E-state index in [1.165, 1.54) is 28.3 Å². The lowest BCUT2D eigenvalue weighted by Crippen LogP contribution is -2.39. The molecule has 1 fully saturated rings. The quantitative estimate of drug-likeness (QED) is 0.312. The molecule has 1 heterocycles. The van der Waals surface area contributed by atoms with E-state index in [0.717, 1.165) is 63.4 Å². The maximum atomic E-state index is 10.9. The summed E-state index contributed by atoms with van der Waals surface area (Å²) in [4.78, 5) is 16.1. The largest absolute Gasteiger partial charge is 0.481 e. The second kappa shape index (κ2) is 12.3. The first kappa shape index (κ1) is 24.7. The zero-order chi connectivity index (χ0) is 23.8. The van der Waals surface area contributed by atoms with Crippen LogP contribution in [0.4, 0.5) is 0 Å². The molecule has 0 aliphatic carbocycles. The Labute approximate surface area is 208 Å². The molecule has 1 aliphatic rings. The minimum Gasteiger partial charge on any atom is -0.481 e. The smallest absolute Gasteiger partial charge is 0.303 e. The van der Waals surface area contributed by atoms with Crippen molar-refractivity contribution in [3.8, 4) is 0 Å². The van der Waals surface area contributed by atoms with Crippen molar-refractivity contribution in [2.75, 3.05) is 26.2 Å². The lowest BCUT2D eigenvalue weighted by molar-refractivity contribution is -0.137. The number of fused-ring (bicyclic) bond motifs is 1. The molecule has 5 heteroatoms. The highest BCUT2D eigenvalue weighted by Gasteiger charge is 2.27. The Hall–Kier alpha value is -2.40. The van der Waals surface area contributed by atoms with Crippen LogP contribution in [0, 0.1) is 0 Å². The summed E-state index contributed by atoms with van der Waals surface area (Å²) in [6.07, 6.45) is 5.27. The molecule has 1 N–H and O–H groups in total. The summed E-state index contributed by atoms with van der Waals surface area (Å²) in [5.41, 5.74) is 2.71. The number of carboxylic acids is 1. The fourth-order valence-corrected chi connectivity index (χ4v) is 5.25. The molecule has 3 aromatic rings. The Kier molecular flexibility index (Phi) is 8.97. The van der Waals surface area contributed by atoms with Crippen LogP contribution in [0.5, 0.6) is 0 Å². The number of unbranched alkanes of at least 4 members (excludes halogenated alkanes) is 2. The third-order valence-electron chi connectivity index (χ3n) is 6.97. The van der Waals surface area contributed by atoms with Crippen LogP contribution in [0.2, 0.25) is 5.02 Å². The summed E-state index contributed by atoms with van der Waals surface area (Å²) in [6, 6.07) is 24.0. The highest BCUT2D eigenvalue weighted by atomic mass is 35.5. The van der Waals surface area contributed by atoms with Gasteiger partial charge in [0, 0.05) is 43.7 Å². The molecule has 1 saturated heterocycles. The van der Waals surface area contributed by atoms with Crippen molar-refractivity contribution in [3.63, 3.8) is 0 Å². The van der Waals surface area contributed by atoms with Gasteiger partial charge < -0.3 is 5.11 Å². The molecule has 0 bridgehead atoms. The SMILES string of the molecule is O=C(O)CCCCCN(CCc1cccc2ccccc12)C1CCN(Cc2ccc(Cl)cc2)C1. The Balaban J connectivity index is 1.37. The minimum atomic E-state index is -0.693. The minimum absolute atomic E-state index is 0.272. The van der Waals surface area contributed by atoms with E-state index in [-0.39, 0.29) is 6.42 Å². The average molecular weight is 479 g/mol. The fraction of sp³-hybridized carbons (Fsp3) is 0.414. The number of benzene rings is 3. The predicted octanol–water partition coefficient (Wildman–Crippen LogP) is 6.26. The van der Waals surface area contributed by atoms with Gasteiger partial charge in [-0.25, -0.2) is 0 Å². The van der Waals surface area contributed by atoms with Crippen molar-refractivity contribution in [2.45, 2.75) is 51.1 Å². The van der Waals surface area contributed by atoms with E-state index in [4.69, 9.17) is 16.7 Å². The zero-order valence-corrected chi connectivity index (χ0v) is 20.6. The monoisotopic (exact) mass is 478 g/mol. The van der Waals surface area contributed by atoms with Crippen LogP contribution >= 0.6 is 11.6 Å². The van der Waals surface area contributed by atoms with Crippen molar-refractivity contribution in [3.05, 3.63) is 82.9 Å². The highest BCUT2D eigenvalue weighted by Crippen LogP contribution is 2.23. The van der Waals surface area contributed by atoms with E-state index < -0.39 is 5.97 Å². The standard InChI is InChI=1S/C29H35ClN2O2/c30-26-14-12-23(13-15-26)21-31-19-17-27(22-31)32(18-5-1-2-11-29(33)34)20-16-25-9-6-8-24-7-3-4-10-28(24)25/h3-4,6-10,12-15,27H,1-2,5,11,16-22H2,(H,33,34). The third-order valence-corrected chi connectivity index (χ3v) is 7.22. The first-order valence-corrected chi connectivity index (χ1v) is 12.9. The Morgan fingerprint density at radius 3 is 2.59 bits per heavy atom. The van der Waals surface area contributed by atoms with Crippen LogP contribution in [-0.4, -0.2) is 53.1 Å². The number of halogens is 1. The van der Waals surface area contributed by atoms with Crippen molar-refractivity contribution >= 4 is 28.3 Å². The molecule has 34 heavy (non-hydrogen) atoms. The van der Waals surface area contributed by atoms with Gasteiger partial charge in [-0.15, -0.1) is 0 Å². The van der Waals surface area contributed by atoms with Crippen LogP contribution in [0.3, 0.4) is 0 Å². The van der Waals surface area contributed by atoms with Gasteiger partial charge in [-0.1, -0.05) is 72.6 Å². The molecule has 3 aromatic carbocycles. The molecule has 4 rings (SSSR count). The normalized spacial score (nSPS) is 16.5. The van der Waals surface area contributed by atoms with Gasteiger partial charge in [0.2, 0.25) is 0 Å². The van der Waals surface area contributed by atoms with Crippen LogP contribution in [-0.2, 0) is 17.8 Å². The third kappa shape index (κ3) is 7.05. The lowest BCUT2D eigenvalue weighted by atomic mass is 10.0. The average Bonchev–Trinajstić information content (AvgIpc) is 3.30. The molecule has 1 atom stereocenters. The van der Waals surface area contributed by atoms with Crippen LogP contribution in [0.25, 0.3) is 10.8 Å². The predicted molar refractivity (Wildman–Crippen MR) is 140 cm³/mol. The van der Waals surface area contributed by atoms with E-state index in [9.17, 15) is 4.79 Å². The van der Waals surface area contributed by atoms with Gasteiger partial charge in [0.05, 0.1) is 0 Å². The van der Waals surface area contributed by atoms with Gasteiger partial charge in [0.15, 0.2) is 0 Å². The number of likely N-dealkylation sites (tertiary alicyclic amines) is 1. The molecule has 0 aromatic heterocycles. The summed E-state index contributed by atoms with van der Waals surface area (Å²) in [5, 5.41) is 12.4. The maximum absolute atomic E-state index is 10.9. The van der Waals surface area contributed by atoms with Crippen LogP contribution in [0.1, 0.15) is 43.2 Å². The molecule has 180 valence electrons. The van der Waals surface area contributed by atoms with E-state index in [0.29, 0.717) is 6.04 Å². The first-order chi connectivity index (χ1) is 16.6. The summed E-state index contributed by atoms with van der Waals surface area (Å²) >= 11 is 6.05. The summed E-state index contributed by atoms with van der Waals surface area (Å²) in [5.74, 6) is -0.693. The van der Waals surface area contributed by atoms with Gasteiger partial charge in [-0.05, 0) is 66.3 Å². The van der Waals surface area contributed by atoms with Gasteiger partial charge in [-0.2, -0.15) is 0 Å². The van der Waals surface area contributed by atoms with E-state index in [2.05, 4.69) is 64.4 Å². The molecule has 4 nitrogen and oxygen atoms in total. The number of hydrogen-bond donors (Lipinski definition) is 1. The number of rotatable bonds is 12. The molecule has 0 radical (unpaired) electrons. The topological polar surface area (TPSA) is 43.8 Å². The second-order valence-electron chi connectivity index (χ2n) is 9.43. The molecule has 0 saturated carbocycles. The molecule has 0 spiro atoms. The fourth-order valence-electron chi connectivity index (χ4n) is 5.12. The molecule has 1 unspecified atom stereocenters. The van der Waals surface area contributed by atoms with E-state index in [1.807, 2.05) is 12.1 Å². The Morgan fingerprint density at radius 1 is 0.971 bits per heavy atom.